The van der Waals surface area contributed by atoms with E-state index in [1.165, 1.54) is 0 Å². The summed E-state index contributed by atoms with van der Waals surface area (Å²) in [6, 6.07) is 11.3. The van der Waals surface area contributed by atoms with Crippen LogP contribution < -0.4 is 16.6 Å². The monoisotopic (exact) mass is 235 g/mol. The summed E-state index contributed by atoms with van der Waals surface area (Å²) in [6.07, 6.45) is 0. The van der Waals surface area contributed by atoms with Crippen molar-refractivity contribution in [3.63, 3.8) is 0 Å². The Morgan fingerprint density at radius 2 is 1.88 bits per heavy atom. The smallest absolute Gasteiger partial charge is 0.186 e. The number of halogens is 1. The summed E-state index contributed by atoms with van der Waals surface area (Å²) in [6.45, 7) is 0. The molecule has 5 nitrogen and oxygen atoms in total. The van der Waals surface area contributed by atoms with Crippen molar-refractivity contribution in [2.45, 2.75) is 0 Å². The average molecular weight is 236 g/mol. The molecule has 6 heteroatoms. The Bertz CT molecular complexity index is 474. The lowest BCUT2D eigenvalue weighted by Gasteiger charge is -2.09. The van der Waals surface area contributed by atoms with Gasteiger partial charge in [-0.25, -0.2) is 5.84 Å². The third-order valence-electron chi connectivity index (χ3n) is 1.95. The van der Waals surface area contributed by atoms with Crippen molar-refractivity contribution in [1.82, 2.24) is 10.2 Å². The van der Waals surface area contributed by atoms with Crippen LogP contribution in [-0.2, 0) is 0 Å². The second kappa shape index (κ2) is 4.78. The molecule has 1 aromatic carbocycles. The lowest BCUT2D eigenvalue weighted by atomic mass is 10.3. The molecular formula is C10H10ClN5. The summed E-state index contributed by atoms with van der Waals surface area (Å²) in [4.78, 5) is 0. The van der Waals surface area contributed by atoms with E-state index in [4.69, 9.17) is 17.4 Å². The molecule has 0 fully saturated rings. The maximum atomic E-state index is 5.76. The molecule has 1 aromatic heterocycles. The molecule has 0 amide bonds. The van der Waals surface area contributed by atoms with E-state index in [0.29, 0.717) is 16.7 Å². The van der Waals surface area contributed by atoms with Crippen molar-refractivity contribution >= 4 is 28.8 Å². The molecule has 0 aliphatic heterocycles. The fraction of sp³-hybridized carbons (Fsp3) is 0. The van der Waals surface area contributed by atoms with Gasteiger partial charge in [0.2, 0.25) is 0 Å². The van der Waals surface area contributed by atoms with Crippen LogP contribution in [0.4, 0.5) is 17.2 Å². The van der Waals surface area contributed by atoms with Crippen molar-refractivity contribution in [2.75, 3.05) is 10.7 Å². The van der Waals surface area contributed by atoms with Crippen molar-refractivity contribution in [2.24, 2.45) is 5.84 Å². The van der Waals surface area contributed by atoms with Crippen LogP contribution in [0.15, 0.2) is 36.4 Å². The predicted molar refractivity (Wildman–Crippen MR) is 64.6 cm³/mol. The average Bonchev–Trinajstić information content (AvgIpc) is 2.31. The van der Waals surface area contributed by atoms with Crippen LogP contribution in [-0.4, -0.2) is 10.2 Å². The van der Waals surface area contributed by atoms with Gasteiger partial charge in [-0.1, -0.05) is 29.8 Å². The van der Waals surface area contributed by atoms with Gasteiger partial charge >= 0.3 is 0 Å². The van der Waals surface area contributed by atoms with Crippen LogP contribution in [0.25, 0.3) is 0 Å². The molecule has 0 spiro atoms. The Morgan fingerprint density at radius 1 is 1.12 bits per heavy atom. The Labute approximate surface area is 97.6 Å². The van der Waals surface area contributed by atoms with Gasteiger partial charge in [-0.15, -0.1) is 10.2 Å². The molecule has 0 bridgehead atoms. The highest BCUT2D eigenvalue weighted by Gasteiger charge is 2.05. The number of nitrogens with zero attached hydrogens (tertiary/aromatic N) is 2. The van der Waals surface area contributed by atoms with Gasteiger partial charge in [-0.2, -0.15) is 0 Å². The van der Waals surface area contributed by atoms with Crippen LogP contribution in [0, 0.1) is 0 Å². The molecule has 0 aliphatic rings. The molecular weight excluding hydrogens is 226 g/mol. The first-order valence-electron chi connectivity index (χ1n) is 4.61. The molecule has 0 aliphatic carbocycles. The standard InChI is InChI=1S/C10H10ClN5/c11-9-6-8(10(14-12)16-15-9)13-7-4-2-1-3-5-7/h1-6H,12H2,(H,13,15)(H,14,16). The van der Waals surface area contributed by atoms with Crippen molar-refractivity contribution < 1.29 is 0 Å². The van der Waals surface area contributed by atoms with E-state index >= 15 is 0 Å². The van der Waals surface area contributed by atoms with Crippen LogP contribution in [0.1, 0.15) is 0 Å². The molecule has 1 heterocycles. The Balaban J connectivity index is 2.30. The summed E-state index contributed by atoms with van der Waals surface area (Å²) < 4.78 is 0. The number of aromatic nitrogens is 2. The fourth-order valence-electron chi connectivity index (χ4n) is 1.25. The molecule has 0 unspecified atom stereocenters. The highest BCUT2D eigenvalue weighted by Crippen LogP contribution is 2.24. The second-order valence-electron chi connectivity index (χ2n) is 3.06. The highest BCUT2D eigenvalue weighted by molar-refractivity contribution is 6.29. The maximum absolute atomic E-state index is 5.76. The summed E-state index contributed by atoms with van der Waals surface area (Å²) in [5.74, 6) is 5.76. The lowest BCUT2D eigenvalue weighted by molar-refractivity contribution is 1.02. The predicted octanol–water partition coefficient (Wildman–Crippen LogP) is 2.16. The van der Waals surface area contributed by atoms with Gasteiger partial charge in [0, 0.05) is 11.8 Å². The normalized spacial score (nSPS) is 9.88. The highest BCUT2D eigenvalue weighted by atomic mass is 35.5. The number of nitrogens with one attached hydrogen (secondary N) is 2. The Morgan fingerprint density at radius 3 is 2.56 bits per heavy atom. The first kappa shape index (κ1) is 10.7. The van der Waals surface area contributed by atoms with E-state index < -0.39 is 0 Å². The third-order valence-corrected chi connectivity index (χ3v) is 2.14. The summed E-state index contributed by atoms with van der Waals surface area (Å²) >= 11 is 5.76. The number of hydrazine groups is 1. The number of nitrogen functional groups attached to an aromatic ring is 1. The molecule has 2 aromatic rings. The van der Waals surface area contributed by atoms with E-state index in [1.54, 1.807) is 6.07 Å². The van der Waals surface area contributed by atoms with Crippen molar-refractivity contribution in [3.8, 4) is 0 Å². The molecule has 82 valence electrons. The molecule has 0 saturated carbocycles. The zero-order chi connectivity index (χ0) is 11.4. The van der Waals surface area contributed by atoms with Crippen LogP contribution >= 0.6 is 11.6 Å². The van der Waals surface area contributed by atoms with E-state index in [9.17, 15) is 0 Å². The van der Waals surface area contributed by atoms with Gasteiger partial charge in [0.25, 0.3) is 0 Å². The number of hydrogen-bond donors (Lipinski definition) is 3. The molecule has 0 saturated heterocycles. The Kier molecular flexibility index (Phi) is 3.19. The van der Waals surface area contributed by atoms with Crippen LogP contribution in [0.3, 0.4) is 0 Å². The number of para-hydroxylation sites is 1. The number of rotatable bonds is 3. The van der Waals surface area contributed by atoms with Gasteiger partial charge in [-0.05, 0) is 12.1 Å². The number of hydrogen-bond acceptors (Lipinski definition) is 5. The minimum Gasteiger partial charge on any atom is -0.352 e. The summed E-state index contributed by atoms with van der Waals surface area (Å²) in [5, 5.41) is 10.9. The SMILES string of the molecule is NNc1nnc(Cl)cc1Nc1ccccc1. The largest absolute Gasteiger partial charge is 0.352 e. The fourth-order valence-corrected chi connectivity index (χ4v) is 1.39. The van der Waals surface area contributed by atoms with Gasteiger partial charge in [0.1, 0.15) is 0 Å². The topological polar surface area (TPSA) is 75.9 Å². The summed E-state index contributed by atoms with van der Waals surface area (Å²) in [5.41, 5.74) is 4.04. The lowest BCUT2D eigenvalue weighted by Crippen LogP contribution is -2.11. The van der Waals surface area contributed by atoms with E-state index in [0.717, 1.165) is 5.69 Å². The molecule has 2 rings (SSSR count). The molecule has 4 N–H and O–H groups in total. The minimum atomic E-state index is 0.303. The van der Waals surface area contributed by atoms with Crippen LogP contribution in [0.2, 0.25) is 5.15 Å². The second-order valence-corrected chi connectivity index (χ2v) is 3.45. The van der Waals surface area contributed by atoms with Crippen molar-refractivity contribution in [3.05, 3.63) is 41.6 Å². The zero-order valence-corrected chi connectivity index (χ0v) is 9.07. The van der Waals surface area contributed by atoms with Gasteiger partial charge < -0.3 is 10.7 Å². The van der Waals surface area contributed by atoms with Gasteiger partial charge in [-0.3, -0.25) is 0 Å². The Hall–Kier alpha value is -1.85. The quantitative estimate of drug-likeness (QED) is 0.562. The molecule has 0 atom stereocenters. The number of anilines is 3. The number of benzene rings is 1. The first-order chi connectivity index (χ1) is 7.79. The zero-order valence-electron chi connectivity index (χ0n) is 8.31. The van der Waals surface area contributed by atoms with Crippen molar-refractivity contribution in [1.29, 1.82) is 0 Å². The van der Waals surface area contributed by atoms with Crippen LogP contribution in [0.5, 0.6) is 0 Å². The van der Waals surface area contributed by atoms with E-state index in [-0.39, 0.29) is 0 Å². The minimum absolute atomic E-state index is 0.303. The van der Waals surface area contributed by atoms with Gasteiger partial charge in [0.15, 0.2) is 11.0 Å². The third kappa shape index (κ3) is 2.39. The maximum Gasteiger partial charge on any atom is 0.186 e. The first-order valence-corrected chi connectivity index (χ1v) is 4.99. The van der Waals surface area contributed by atoms with E-state index in [2.05, 4.69) is 20.9 Å². The molecule has 16 heavy (non-hydrogen) atoms. The van der Waals surface area contributed by atoms with E-state index in [1.807, 2.05) is 30.3 Å². The summed E-state index contributed by atoms with van der Waals surface area (Å²) in [7, 11) is 0. The molecule has 0 radical (unpaired) electrons. The van der Waals surface area contributed by atoms with Gasteiger partial charge in [0.05, 0.1) is 5.69 Å². The number of nitrogens with two attached hydrogens (primary N) is 1.